The Balaban J connectivity index is 2.49. The SMILES string of the molecule is FCC(F)(c1ccccc1)c1ccccc1. The maximum absolute atomic E-state index is 14.6. The lowest BCUT2D eigenvalue weighted by molar-refractivity contribution is 0.167. The molecule has 0 saturated carbocycles. The largest absolute Gasteiger partial charge is 0.247 e. The van der Waals surface area contributed by atoms with Gasteiger partial charge in [-0.25, -0.2) is 8.78 Å². The van der Waals surface area contributed by atoms with Crippen molar-refractivity contribution in [1.29, 1.82) is 0 Å². The van der Waals surface area contributed by atoms with Crippen LogP contribution >= 0.6 is 0 Å². The molecule has 2 rings (SSSR count). The van der Waals surface area contributed by atoms with E-state index < -0.39 is 12.3 Å². The van der Waals surface area contributed by atoms with E-state index in [4.69, 9.17) is 0 Å². The van der Waals surface area contributed by atoms with Crippen molar-refractivity contribution < 1.29 is 8.78 Å². The molecule has 0 aliphatic heterocycles. The molecule has 0 radical (unpaired) electrons. The van der Waals surface area contributed by atoms with Crippen molar-refractivity contribution >= 4 is 0 Å². The molecule has 0 heterocycles. The second-order valence-corrected chi connectivity index (χ2v) is 3.67. The van der Waals surface area contributed by atoms with Gasteiger partial charge in [0.05, 0.1) is 0 Å². The third-order valence-electron chi connectivity index (χ3n) is 2.65. The molecule has 0 spiro atoms. The summed E-state index contributed by atoms with van der Waals surface area (Å²) in [5.74, 6) is 0. The Morgan fingerprint density at radius 3 is 1.44 bits per heavy atom. The zero-order valence-corrected chi connectivity index (χ0v) is 8.74. The molecule has 82 valence electrons. The van der Waals surface area contributed by atoms with Gasteiger partial charge in [-0.15, -0.1) is 0 Å². The van der Waals surface area contributed by atoms with E-state index in [-0.39, 0.29) is 0 Å². The average molecular weight is 218 g/mol. The molecule has 0 atom stereocenters. The highest BCUT2D eigenvalue weighted by atomic mass is 19.2. The highest BCUT2D eigenvalue weighted by Crippen LogP contribution is 2.34. The van der Waals surface area contributed by atoms with E-state index in [1.807, 2.05) is 0 Å². The van der Waals surface area contributed by atoms with E-state index in [0.717, 1.165) is 0 Å². The first-order valence-corrected chi connectivity index (χ1v) is 5.13. The van der Waals surface area contributed by atoms with Gasteiger partial charge >= 0.3 is 0 Å². The molecule has 0 N–H and O–H groups in total. The molecule has 2 aromatic carbocycles. The predicted molar refractivity (Wildman–Crippen MR) is 60.7 cm³/mol. The highest BCUT2D eigenvalue weighted by Gasteiger charge is 2.33. The van der Waals surface area contributed by atoms with Gasteiger partial charge in [0.15, 0.2) is 5.67 Å². The standard InChI is InChI=1S/C14H12F2/c15-11-14(16,12-7-3-1-4-8-12)13-9-5-2-6-10-13/h1-10H,11H2. The molecule has 16 heavy (non-hydrogen) atoms. The van der Waals surface area contributed by atoms with Crippen LogP contribution in [-0.4, -0.2) is 6.67 Å². The van der Waals surface area contributed by atoms with Crippen LogP contribution in [0.5, 0.6) is 0 Å². The Labute approximate surface area is 93.5 Å². The minimum absolute atomic E-state index is 0.351. The first-order chi connectivity index (χ1) is 7.77. The molecule has 0 saturated heterocycles. The van der Waals surface area contributed by atoms with Crippen molar-refractivity contribution in [2.24, 2.45) is 0 Å². The highest BCUT2D eigenvalue weighted by molar-refractivity contribution is 5.36. The van der Waals surface area contributed by atoms with Crippen molar-refractivity contribution in [3.63, 3.8) is 0 Å². The second kappa shape index (κ2) is 4.44. The van der Waals surface area contributed by atoms with Crippen molar-refractivity contribution in [1.82, 2.24) is 0 Å². The molecule has 0 aliphatic carbocycles. The molecule has 0 amide bonds. The smallest absolute Gasteiger partial charge is 0.189 e. The predicted octanol–water partition coefficient (Wildman–Crippen LogP) is 3.87. The summed E-state index contributed by atoms with van der Waals surface area (Å²) >= 11 is 0. The fraction of sp³-hybridized carbons (Fsp3) is 0.143. The molecule has 0 fully saturated rings. The van der Waals surface area contributed by atoms with Gasteiger partial charge in [0.2, 0.25) is 0 Å². The van der Waals surface area contributed by atoms with E-state index in [2.05, 4.69) is 0 Å². The number of benzene rings is 2. The Kier molecular flexibility index (Phi) is 3.00. The van der Waals surface area contributed by atoms with Crippen molar-refractivity contribution in [3.8, 4) is 0 Å². The van der Waals surface area contributed by atoms with Crippen LogP contribution < -0.4 is 0 Å². The Bertz CT molecular complexity index is 397. The Hall–Kier alpha value is -1.70. The summed E-state index contributed by atoms with van der Waals surface area (Å²) in [5, 5.41) is 0. The fourth-order valence-electron chi connectivity index (χ4n) is 1.73. The van der Waals surface area contributed by atoms with E-state index in [9.17, 15) is 8.78 Å². The molecule has 2 aromatic rings. The van der Waals surface area contributed by atoms with Crippen molar-refractivity contribution in [2.75, 3.05) is 6.67 Å². The zero-order valence-electron chi connectivity index (χ0n) is 8.74. The molecular weight excluding hydrogens is 206 g/mol. The molecule has 0 unspecified atom stereocenters. The van der Waals surface area contributed by atoms with Gasteiger partial charge in [-0.3, -0.25) is 0 Å². The summed E-state index contributed by atoms with van der Waals surface area (Å²) in [4.78, 5) is 0. The summed E-state index contributed by atoms with van der Waals surface area (Å²) in [6.07, 6.45) is 0. The van der Waals surface area contributed by atoms with Gasteiger partial charge in [-0.2, -0.15) is 0 Å². The van der Waals surface area contributed by atoms with Crippen LogP contribution in [0.3, 0.4) is 0 Å². The second-order valence-electron chi connectivity index (χ2n) is 3.67. The Morgan fingerprint density at radius 2 is 1.12 bits per heavy atom. The third-order valence-corrected chi connectivity index (χ3v) is 2.65. The average Bonchev–Trinajstić information content (AvgIpc) is 2.40. The monoisotopic (exact) mass is 218 g/mol. The molecule has 0 aliphatic rings. The van der Waals surface area contributed by atoms with Gasteiger partial charge in [-0.1, -0.05) is 60.7 Å². The lowest BCUT2D eigenvalue weighted by atomic mass is 9.89. The Morgan fingerprint density at radius 1 is 0.750 bits per heavy atom. The van der Waals surface area contributed by atoms with E-state index in [0.29, 0.717) is 11.1 Å². The van der Waals surface area contributed by atoms with Crippen LogP contribution in [0.4, 0.5) is 8.78 Å². The summed E-state index contributed by atoms with van der Waals surface area (Å²) < 4.78 is 27.6. The molecule has 0 aromatic heterocycles. The van der Waals surface area contributed by atoms with Gasteiger partial charge in [0.25, 0.3) is 0 Å². The van der Waals surface area contributed by atoms with E-state index in [1.54, 1.807) is 60.7 Å². The first kappa shape index (κ1) is 10.8. The van der Waals surface area contributed by atoms with E-state index >= 15 is 0 Å². The molecular formula is C14H12F2. The third kappa shape index (κ3) is 1.83. The fourth-order valence-corrected chi connectivity index (χ4v) is 1.73. The molecule has 0 bridgehead atoms. The van der Waals surface area contributed by atoms with Gasteiger partial charge in [0.1, 0.15) is 6.67 Å². The number of rotatable bonds is 3. The number of alkyl halides is 2. The number of hydrogen-bond donors (Lipinski definition) is 0. The zero-order chi connectivity index (χ0) is 11.4. The van der Waals surface area contributed by atoms with Crippen molar-refractivity contribution in [2.45, 2.75) is 5.67 Å². The van der Waals surface area contributed by atoms with Gasteiger partial charge in [-0.05, 0) is 11.1 Å². The topological polar surface area (TPSA) is 0 Å². The summed E-state index contributed by atoms with van der Waals surface area (Å²) in [5.41, 5.74) is -1.34. The van der Waals surface area contributed by atoms with Gasteiger partial charge < -0.3 is 0 Å². The minimum Gasteiger partial charge on any atom is -0.247 e. The first-order valence-electron chi connectivity index (χ1n) is 5.13. The summed E-state index contributed by atoms with van der Waals surface area (Å²) in [6, 6.07) is 16.8. The van der Waals surface area contributed by atoms with Crippen LogP contribution in [-0.2, 0) is 5.67 Å². The summed E-state index contributed by atoms with van der Waals surface area (Å²) in [6.45, 7) is -1.05. The maximum atomic E-state index is 14.6. The van der Waals surface area contributed by atoms with Crippen LogP contribution in [0.2, 0.25) is 0 Å². The van der Waals surface area contributed by atoms with Crippen molar-refractivity contribution in [3.05, 3.63) is 71.8 Å². The van der Waals surface area contributed by atoms with Crippen LogP contribution in [0.15, 0.2) is 60.7 Å². The molecule has 0 nitrogen and oxygen atoms in total. The van der Waals surface area contributed by atoms with E-state index in [1.165, 1.54) is 0 Å². The van der Waals surface area contributed by atoms with Crippen LogP contribution in [0.1, 0.15) is 11.1 Å². The number of halogens is 2. The quantitative estimate of drug-likeness (QED) is 0.733. The number of hydrogen-bond acceptors (Lipinski definition) is 0. The lowest BCUT2D eigenvalue weighted by Gasteiger charge is -2.22. The minimum atomic E-state index is -2.04. The van der Waals surface area contributed by atoms with Gasteiger partial charge in [0, 0.05) is 0 Å². The summed E-state index contributed by atoms with van der Waals surface area (Å²) in [7, 11) is 0. The maximum Gasteiger partial charge on any atom is 0.189 e. The van der Waals surface area contributed by atoms with Crippen LogP contribution in [0.25, 0.3) is 0 Å². The van der Waals surface area contributed by atoms with Crippen LogP contribution in [0, 0.1) is 0 Å². The lowest BCUT2D eigenvalue weighted by Crippen LogP contribution is -2.24. The normalized spacial score (nSPS) is 11.4. The molecule has 2 heteroatoms.